The minimum absolute atomic E-state index is 0.337. The summed E-state index contributed by atoms with van der Waals surface area (Å²) in [5, 5.41) is 10.1. The van der Waals surface area contributed by atoms with E-state index in [0.29, 0.717) is 11.7 Å². The van der Waals surface area contributed by atoms with Crippen LogP contribution < -0.4 is 4.74 Å². The Balaban J connectivity index is 2.12. The molecule has 1 aromatic rings. The van der Waals surface area contributed by atoms with Crippen molar-refractivity contribution in [2.24, 2.45) is 5.92 Å². The average Bonchev–Trinajstić information content (AvgIpc) is 2.77. The predicted molar refractivity (Wildman–Crippen MR) is 136 cm³/mol. The Morgan fingerprint density at radius 2 is 1.23 bits per heavy atom. The van der Waals surface area contributed by atoms with E-state index in [1.807, 2.05) is 6.07 Å². The van der Waals surface area contributed by atoms with Crippen LogP contribution in [0.25, 0.3) is 0 Å². The zero-order valence-electron chi connectivity index (χ0n) is 21.1. The molecule has 0 fully saturated rings. The number of aromatic hydroxyl groups is 1. The van der Waals surface area contributed by atoms with Gasteiger partial charge in [0.15, 0.2) is 0 Å². The number of ether oxygens (including phenoxy) is 1. The van der Waals surface area contributed by atoms with Gasteiger partial charge in [-0.15, -0.1) is 0 Å². The van der Waals surface area contributed by atoms with Crippen LogP contribution in [-0.2, 0) is 6.42 Å². The third-order valence-corrected chi connectivity index (χ3v) is 6.55. The van der Waals surface area contributed by atoms with Gasteiger partial charge in [-0.05, 0) is 42.9 Å². The molecule has 0 saturated carbocycles. The second kappa shape index (κ2) is 19.5. The summed E-state index contributed by atoms with van der Waals surface area (Å²) in [4.78, 5) is 0. The molecule has 31 heavy (non-hydrogen) atoms. The van der Waals surface area contributed by atoms with E-state index in [2.05, 4.69) is 26.8 Å². The fourth-order valence-corrected chi connectivity index (χ4v) is 4.33. The summed E-state index contributed by atoms with van der Waals surface area (Å²) in [6.07, 6.45) is 23.9. The fourth-order valence-electron chi connectivity index (χ4n) is 4.33. The molecule has 180 valence electrons. The maximum Gasteiger partial charge on any atom is 0.123 e. The van der Waals surface area contributed by atoms with Crippen molar-refractivity contribution in [1.29, 1.82) is 0 Å². The highest BCUT2D eigenvalue weighted by atomic mass is 16.5. The quantitative estimate of drug-likeness (QED) is 0.196. The van der Waals surface area contributed by atoms with E-state index in [1.165, 1.54) is 108 Å². The van der Waals surface area contributed by atoms with Gasteiger partial charge in [0.05, 0.1) is 6.61 Å². The van der Waals surface area contributed by atoms with E-state index in [4.69, 9.17) is 4.74 Å². The van der Waals surface area contributed by atoms with E-state index in [-0.39, 0.29) is 0 Å². The zero-order chi connectivity index (χ0) is 22.6. The molecule has 1 unspecified atom stereocenters. The van der Waals surface area contributed by atoms with Crippen molar-refractivity contribution in [3.63, 3.8) is 0 Å². The minimum atomic E-state index is 0.337. The highest BCUT2D eigenvalue weighted by Crippen LogP contribution is 2.25. The summed E-state index contributed by atoms with van der Waals surface area (Å²) in [6, 6.07) is 5.80. The second-order valence-corrected chi connectivity index (χ2v) is 9.56. The second-order valence-electron chi connectivity index (χ2n) is 9.56. The van der Waals surface area contributed by atoms with E-state index in [9.17, 15) is 5.11 Å². The van der Waals surface area contributed by atoms with Crippen LogP contribution in [0.5, 0.6) is 11.5 Å². The first-order chi connectivity index (χ1) is 15.2. The molecule has 1 aromatic carbocycles. The number of hydrogen-bond donors (Lipinski definition) is 1. The van der Waals surface area contributed by atoms with E-state index in [0.717, 1.165) is 25.2 Å². The van der Waals surface area contributed by atoms with Crippen LogP contribution in [0.15, 0.2) is 18.2 Å². The Hall–Kier alpha value is -1.18. The van der Waals surface area contributed by atoms with Gasteiger partial charge < -0.3 is 9.84 Å². The summed E-state index contributed by atoms with van der Waals surface area (Å²) < 4.78 is 6.04. The SMILES string of the molecule is CCCCCCCCCCCCCCCc1cc(O)cc(OCC(CC)CCCC)c1. The van der Waals surface area contributed by atoms with Gasteiger partial charge >= 0.3 is 0 Å². The van der Waals surface area contributed by atoms with Gasteiger partial charge in [-0.1, -0.05) is 117 Å². The van der Waals surface area contributed by atoms with Gasteiger partial charge in [0.2, 0.25) is 0 Å². The van der Waals surface area contributed by atoms with Crippen LogP contribution in [0.1, 0.15) is 135 Å². The van der Waals surface area contributed by atoms with Gasteiger partial charge in [0.1, 0.15) is 11.5 Å². The molecule has 0 aliphatic carbocycles. The van der Waals surface area contributed by atoms with Crippen LogP contribution in [0, 0.1) is 5.92 Å². The number of phenols is 1. The van der Waals surface area contributed by atoms with Gasteiger partial charge in [-0.25, -0.2) is 0 Å². The maximum absolute atomic E-state index is 10.1. The van der Waals surface area contributed by atoms with Crippen molar-refractivity contribution >= 4 is 0 Å². The third kappa shape index (κ3) is 15.3. The standard InChI is InChI=1S/C29H52O2/c1-4-7-9-10-11-12-13-14-15-16-17-18-19-21-27-22-28(30)24-29(23-27)31-25-26(6-3)20-8-5-2/h22-24,26,30H,4-21,25H2,1-3H3. The van der Waals surface area contributed by atoms with Crippen LogP contribution in [0.3, 0.4) is 0 Å². The molecular formula is C29H52O2. The Bertz CT molecular complexity index is 525. The predicted octanol–water partition coefficient (Wildman–Crippen LogP) is 9.62. The molecule has 0 saturated heterocycles. The number of aryl methyl sites for hydroxylation is 1. The molecule has 0 bridgehead atoms. The van der Waals surface area contributed by atoms with Crippen LogP contribution in [-0.4, -0.2) is 11.7 Å². The molecule has 1 rings (SSSR count). The summed E-state index contributed by atoms with van der Waals surface area (Å²) in [5.74, 6) is 1.79. The lowest BCUT2D eigenvalue weighted by Crippen LogP contribution is -2.11. The molecule has 0 aliphatic rings. The van der Waals surface area contributed by atoms with Crippen molar-refractivity contribution in [3.8, 4) is 11.5 Å². The van der Waals surface area contributed by atoms with Crippen molar-refractivity contribution in [2.75, 3.05) is 6.61 Å². The van der Waals surface area contributed by atoms with Crippen molar-refractivity contribution < 1.29 is 9.84 Å². The molecule has 1 atom stereocenters. The molecule has 0 aliphatic heterocycles. The largest absolute Gasteiger partial charge is 0.508 e. The number of unbranched alkanes of at least 4 members (excludes halogenated alkanes) is 13. The Labute approximate surface area is 194 Å². The summed E-state index contributed by atoms with van der Waals surface area (Å²) in [5.41, 5.74) is 1.21. The lowest BCUT2D eigenvalue weighted by molar-refractivity contribution is 0.232. The highest BCUT2D eigenvalue weighted by Gasteiger charge is 2.08. The number of rotatable bonds is 21. The number of phenolic OH excluding ortho intramolecular Hbond substituents is 1. The fraction of sp³-hybridized carbons (Fsp3) is 0.793. The van der Waals surface area contributed by atoms with Crippen LogP contribution >= 0.6 is 0 Å². The van der Waals surface area contributed by atoms with Gasteiger partial charge in [-0.3, -0.25) is 0 Å². The van der Waals surface area contributed by atoms with Crippen molar-refractivity contribution in [3.05, 3.63) is 23.8 Å². The summed E-state index contributed by atoms with van der Waals surface area (Å²) in [7, 11) is 0. The van der Waals surface area contributed by atoms with Crippen molar-refractivity contribution in [2.45, 2.75) is 136 Å². The number of hydrogen-bond acceptors (Lipinski definition) is 2. The monoisotopic (exact) mass is 432 g/mol. The third-order valence-electron chi connectivity index (χ3n) is 6.55. The Morgan fingerprint density at radius 1 is 0.677 bits per heavy atom. The van der Waals surface area contributed by atoms with E-state index >= 15 is 0 Å². The first-order valence-electron chi connectivity index (χ1n) is 13.6. The van der Waals surface area contributed by atoms with Gasteiger partial charge in [-0.2, -0.15) is 0 Å². The maximum atomic E-state index is 10.1. The smallest absolute Gasteiger partial charge is 0.123 e. The Kier molecular flexibility index (Phi) is 17.5. The van der Waals surface area contributed by atoms with Crippen molar-refractivity contribution in [1.82, 2.24) is 0 Å². The van der Waals surface area contributed by atoms with Gasteiger partial charge in [0, 0.05) is 6.07 Å². The van der Waals surface area contributed by atoms with Crippen LogP contribution in [0.2, 0.25) is 0 Å². The first-order valence-corrected chi connectivity index (χ1v) is 13.6. The minimum Gasteiger partial charge on any atom is -0.508 e. The molecular weight excluding hydrogens is 380 g/mol. The zero-order valence-corrected chi connectivity index (χ0v) is 21.1. The molecule has 0 spiro atoms. The van der Waals surface area contributed by atoms with E-state index in [1.54, 1.807) is 6.07 Å². The first kappa shape index (κ1) is 27.9. The number of benzene rings is 1. The molecule has 0 heterocycles. The Morgan fingerprint density at radius 3 is 1.77 bits per heavy atom. The van der Waals surface area contributed by atoms with E-state index < -0.39 is 0 Å². The molecule has 1 N–H and O–H groups in total. The molecule has 2 heteroatoms. The highest BCUT2D eigenvalue weighted by molar-refractivity contribution is 5.37. The lowest BCUT2D eigenvalue weighted by atomic mass is 10.0. The summed E-state index contributed by atoms with van der Waals surface area (Å²) >= 11 is 0. The molecule has 0 amide bonds. The summed E-state index contributed by atoms with van der Waals surface area (Å²) in [6.45, 7) is 7.53. The normalized spacial score (nSPS) is 12.2. The van der Waals surface area contributed by atoms with Crippen LogP contribution in [0.4, 0.5) is 0 Å². The molecule has 2 nitrogen and oxygen atoms in total. The topological polar surface area (TPSA) is 29.5 Å². The average molecular weight is 433 g/mol. The molecule has 0 radical (unpaired) electrons. The molecule has 0 aromatic heterocycles. The van der Waals surface area contributed by atoms with Gasteiger partial charge in [0.25, 0.3) is 0 Å². The lowest BCUT2D eigenvalue weighted by Gasteiger charge is -2.16.